The van der Waals surface area contributed by atoms with E-state index in [-0.39, 0.29) is 30.8 Å². The Morgan fingerprint density at radius 1 is 1.32 bits per heavy atom. The minimum absolute atomic E-state index is 0.0404. The van der Waals surface area contributed by atoms with Crippen LogP contribution in [0, 0.1) is 0 Å². The van der Waals surface area contributed by atoms with Crippen LogP contribution in [-0.2, 0) is 19.1 Å². The molecule has 5 nitrogen and oxygen atoms in total. The molecule has 0 spiro atoms. The molecule has 0 bridgehead atoms. The van der Waals surface area contributed by atoms with Gasteiger partial charge in [-0.1, -0.05) is 0 Å². The van der Waals surface area contributed by atoms with Gasteiger partial charge in [-0.3, -0.25) is 9.59 Å². The number of esters is 1. The van der Waals surface area contributed by atoms with Crippen LogP contribution in [0.4, 0.5) is 0 Å². The fourth-order valence-electron chi connectivity index (χ4n) is 1.99. The monoisotopic (exact) mass is 271 g/mol. The Labute approximate surface area is 115 Å². The summed E-state index contributed by atoms with van der Waals surface area (Å²) in [6, 6.07) is 0. The van der Waals surface area contributed by atoms with Crippen molar-refractivity contribution in [2.45, 2.75) is 58.2 Å². The molecule has 0 saturated carbocycles. The van der Waals surface area contributed by atoms with Gasteiger partial charge in [-0.2, -0.15) is 0 Å². The highest BCUT2D eigenvalue weighted by molar-refractivity contribution is 5.81. The molecule has 0 radical (unpaired) electrons. The first-order valence-corrected chi connectivity index (χ1v) is 6.85. The van der Waals surface area contributed by atoms with Gasteiger partial charge in [0.25, 0.3) is 0 Å². The van der Waals surface area contributed by atoms with Gasteiger partial charge in [0.15, 0.2) is 0 Å². The molecule has 1 aliphatic rings. The van der Waals surface area contributed by atoms with Crippen LogP contribution in [0.15, 0.2) is 0 Å². The van der Waals surface area contributed by atoms with Crippen molar-refractivity contribution < 1.29 is 19.1 Å². The van der Waals surface area contributed by atoms with E-state index in [1.807, 2.05) is 20.8 Å². The summed E-state index contributed by atoms with van der Waals surface area (Å²) < 4.78 is 10.6. The molecular weight excluding hydrogens is 246 g/mol. The summed E-state index contributed by atoms with van der Waals surface area (Å²) in [6.07, 6.45) is 2.54. The van der Waals surface area contributed by atoms with E-state index in [0.29, 0.717) is 6.54 Å². The number of carbonyl (C=O) groups excluding carboxylic acids is 2. The molecule has 1 atom stereocenters. The summed E-state index contributed by atoms with van der Waals surface area (Å²) >= 11 is 0. The fourth-order valence-corrected chi connectivity index (χ4v) is 1.99. The van der Waals surface area contributed by atoms with Crippen LogP contribution in [0.3, 0.4) is 0 Å². The first-order valence-electron chi connectivity index (χ1n) is 6.85. The van der Waals surface area contributed by atoms with Gasteiger partial charge >= 0.3 is 5.97 Å². The standard InChI is InChI=1S/C14H25NO4/c1-14(2,3)19-13(17)8-7-12(16)15(4)10-11-6-5-9-18-11/h11H,5-10H2,1-4H3. The maximum Gasteiger partial charge on any atom is 0.306 e. The number of hydrogen-bond donors (Lipinski definition) is 0. The van der Waals surface area contributed by atoms with Crippen molar-refractivity contribution in [3.8, 4) is 0 Å². The summed E-state index contributed by atoms with van der Waals surface area (Å²) in [4.78, 5) is 25.0. The average molecular weight is 271 g/mol. The zero-order valence-corrected chi connectivity index (χ0v) is 12.4. The lowest BCUT2D eigenvalue weighted by molar-refractivity contribution is -0.156. The van der Waals surface area contributed by atoms with Crippen molar-refractivity contribution >= 4 is 11.9 Å². The number of amides is 1. The summed E-state index contributed by atoms with van der Waals surface area (Å²) in [5.41, 5.74) is -0.496. The van der Waals surface area contributed by atoms with Crippen molar-refractivity contribution in [3.05, 3.63) is 0 Å². The van der Waals surface area contributed by atoms with Crippen molar-refractivity contribution in [2.75, 3.05) is 20.2 Å². The molecule has 1 rings (SSSR count). The van der Waals surface area contributed by atoms with E-state index in [1.54, 1.807) is 11.9 Å². The molecule has 1 unspecified atom stereocenters. The Bertz CT molecular complexity index is 316. The van der Waals surface area contributed by atoms with Gasteiger partial charge in [-0.25, -0.2) is 0 Å². The van der Waals surface area contributed by atoms with Crippen LogP contribution in [0.25, 0.3) is 0 Å². The number of ether oxygens (including phenoxy) is 2. The van der Waals surface area contributed by atoms with Crippen LogP contribution in [0.2, 0.25) is 0 Å². The number of likely N-dealkylation sites (N-methyl/N-ethyl adjacent to an activating group) is 1. The Kier molecular flexibility index (Phi) is 5.79. The van der Waals surface area contributed by atoms with E-state index in [1.165, 1.54) is 0 Å². The maximum absolute atomic E-state index is 11.9. The Morgan fingerprint density at radius 2 is 2.00 bits per heavy atom. The average Bonchev–Trinajstić information content (AvgIpc) is 2.76. The molecule has 1 saturated heterocycles. The largest absolute Gasteiger partial charge is 0.460 e. The number of hydrogen-bond acceptors (Lipinski definition) is 4. The lowest BCUT2D eigenvalue weighted by Gasteiger charge is -2.22. The van der Waals surface area contributed by atoms with Gasteiger partial charge in [0.05, 0.1) is 12.5 Å². The first-order chi connectivity index (χ1) is 8.78. The maximum atomic E-state index is 11.9. The predicted molar refractivity (Wildman–Crippen MR) is 71.7 cm³/mol. The second-order valence-electron chi connectivity index (χ2n) is 6.00. The molecule has 1 amide bonds. The summed E-state index contributed by atoms with van der Waals surface area (Å²) in [5, 5.41) is 0. The number of rotatable bonds is 5. The van der Waals surface area contributed by atoms with E-state index < -0.39 is 5.60 Å². The van der Waals surface area contributed by atoms with Crippen LogP contribution in [0.5, 0.6) is 0 Å². The lowest BCUT2D eigenvalue weighted by atomic mass is 10.2. The quantitative estimate of drug-likeness (QED) is 0.715. The smallest absolute Gasteiger partial charge is 0.306 e. The molecule has 1 aliphatic heterocycles. The Balaban J connectivity index is 2.24. The predicted octanol–water partition coefficient (Wildman–Crippen LogP) is 1.75. The van der Waals surface area contributed by atoms with Crippen LogP contribution < -0.4 is 0 Å². The third kappa shape index (κ3) is 6.57. The third-order valence-corrected chi connectivity index (χ3v) is 2.89. The zero-order valence-electron chi connectivity index (χ0n) is 12.4. The number of carbonyl (C=O) groups is 2. The normalized spacial score (nSPS) is 19.3. The van der Waals surface area contributed by atoms with Crippen LogP contribution in [0.1, 0.15) is 46.5 Å². The van der Waals surface area contributed by atoms with Crippen LogP contribution >= 0.6 is 0 Å². The van der Waals surface area contributed by atoms with Crippen molar-refractivity contribution in [1.29, 1.82) is 0 Å². The minimum Gasteiger partial charge on any atom is -0.460 e. The van der Waals surface area contributed by atoms with E-state index in [0.717, 1.165) is 19.4 Å². The second kappa shape index (κ2) is 6.89. The number of nitrogens with zero attached hydrogens (tertiary/aromatic N) is 1. The molecule has 0 aromatic rings. The highest BCUT2D eigenvalue weighted by atomic mass is 16.6. The highest BCUT2D eigenvalue weighted by Crippen LogP contribution is 2.14. The van der Waals surface area contributed by atoms with Gasteiger partial charge in [0.1, 0.15) is 5.60 Å². The SMILES string of the molecule is CN(CC1CCCO1)C(=O)CCC(=O)OC(C)(C)C. The summed E-state index contributed by atoms with van der Waals surface area (Å²) in [6.45, 7) is 6.83. The molecular formula is C14H25NO4. The molecule has 5 heteroatoms. The molecule has 0 N–H and O–H groups in total. The van der Waals surface area contributed by atoms with Gasteiger partial charge in [0.2, 0.25) is 5.91 Å². The molecule has 0 aromatic carbocycles. The summed E-state index contributed by atoms with van der Waals surface area (Å²) in [7, 11) is 1.75. The van der Waals surface area contributed by atoms with Gasteiger partial charge in [0, 0.05) is 26.6 Å². The van der Waals surface area contributed by atoms with Crippen molar-refractivity contribution in [3.63, 3.8) is 0 Å². The molecule has 0 aliphatic carbocycles. The van der Waals surface area contributed by atoms with Gasteiger partial charge in [-0.15, -0.1) is 0 Å². The lowest BCUT2D eigenvalue weighted by Crippen LogP contribution is -2.34. The topological polar surface area (TPSA) is 55.8 Å². The molecule has 19 heavy (non-hydrogen) atoms. The third-order valence-electron chi connectivity index (χ3n) is 2.89. The first kappa shape index (κ1) is 16.0. The Hall–Kier alpha value is -1.10. The van der Waals surface area contributed by atoms with Crippen molar-refractivity contribution in [1.82, 2.24) is 4.90 Å². The van der Waals surface area contributed by atoms with E-state index in [4.69, 9.17) is 9.47 Å². The van der Waals surface area contributed by atoms with Crippen molar-refractivity contribution in [2.24, 2.45) is 0 Å². The molecule has 1 fully saturated rings. The molecule has 0 aromatic heterocycles. The van der Waals surface area contributed by atoms with E-state index in [9.17, 15) is 9.59 Å². The van der Waals surface area contributed by atoms with E-state index in [2.05, 4.69) is 0 Å². The molecule has 1 heterocycles. The van der Waals surface area contributed by atoms with E-state index >= 15 is 0 Å². The second-order valence-corrected chi connectivity index (χ2v) is 6.00. The van der Waals surface area contributed by atoms with Crippen LogP contribution in [-0.4, -0.2) is 48.7 Å². The Morgan fingerprint density at radius 3 is 2.53 bits per heavy atom. The fraction of sp³-hybridized carbons (Fsp3) is 0.857. The summed E-state index contributed by atoms with van der Waals surface area (Å²) in [5.74, 6) is -0.368. The molecule has 110 valence electrons. The minimum atomic E-state index is -0.496. The van der Waals surface area contributed by atoms with Gasteiger partial charge in [-0.05, 0) is 33.6 Å². The van der Waals surface area contributed by atoms with Gasteiger partial charge < -0.3 is 14.4 Å². The zero-order chi connectivity index (χ0) is 14.5. The highest BCUT2D eigenvalue weighted by Gasteiger charge is 2.21.